The van der Waals surface area contributed by atoms with Crippen molar-refractivity contribution in [1.82, 2.24) is 4.90 Å². The normalized spacial score (nSPS) is 16.8. The first-order valence-corrected chi connectivity index (χ1v) is 8.04. The summed E-state index contributed by atoms with van der Waals surface area (Å²) in [6, 6.07) is 6.24. The number of rotatable bonds is 3. The van der Waals surface area contributed by atoms with Gasteiger partial charge in [-0.2, -0.15) is 0 Å². The van der Waals surface area contributed by atoms with Crippen LogP contribution in [0.5, 0.6) is 0 Å². The van der Waals surface area contributed by atoms with Crippen LogP contribution in [0.1, 0.15) is 25.5 Å². The second-order valence-electron chi connectivity index (χ2n) is 5.17. The van der Waals surface area contributed by atoms with Gasteiger partial charge in [0.25, 0.3) is 0 Å². The van der Waals surface area contributed by atoms with Crippen molar-refractivity contribution in [2.75, 3.05) is 37.7 Å². The third kappa shape index (κ3) is 3.89. The van der Waals surface area contributed by atoms with Crippen molar-refractivity contribution in [2.24, 2.45) is 5.73 Å². The quantitative estimate of drug-likeness (QED) is 0.905. The van der Waals surface area contributed by atoms with Crippen molar-refractivity contribution >= 4 is 27.7 Å². The fourth-order valence-electron chi connectivity index (χ4n) is 2.41. The van der Waals surface area contributed by atoms with Crippen LogP contribution in [0.2, 0.25) is 0 Å². The molecule has 1 unspecified atom stereocenters. The van der Waals surface area contributed by atoms with Gasteiger partial charge in [0.2, 0.25) is 0 Å². The summed E-state index contributed by atoms with van der Waals surface area (Å²) in [7, 11) is 0. The van der Waals surface area contributed by atoms with Crippen molar-refractivity contribution in [1.29, 1.82) is 0 Å². The zero-order valence-corrected chi connectivity index (χ0v) is 14.1. The SMILES string of the molecule is CCOC(=O)N1CCN(c2ccc(C(C)N)cc2Br)CC1. The topological polar surface area (TPSA) is 58.8 Å². The van der Waals surface area contributed by atoms with E-state index in [4.69, 9.17) is 10.5 Å². The van der Waals surface area contributed by atoms with E-state index in [-0.39, 0.29) is 12.1 Å². The number of nitrogens with two attached hydrogens (primary N) is 1. The molecule has 5 nitrogen and oxygen atoms in total. The van der Waals surface area contributed by atoms with E-state index in [1.807, 2.05) is 13.8 Å². The van der Waals surface area contributed by atoms with Crippen LogP contribution in [0, 0.1) is 0 Å². The monoisotopic (exact) mass is 355 g/mol. The Bertz CT molecular complexity index is 500. The lowest BCUT2D eigenvalue weighted by Gasteiger charge is -2.36. The van der Waals surface area contributed by atoms with E-state index in [1.165, 1.54) is 0 Å². The predicted molar refractivity (Wildman–Crippen MR) is 87.6 cm³/mol. The van der Waals surface area contributed by atoms with Crippen molar-refractivity contribution in [3.8, 4) is 0 Å². The van der Waals surface area contributed by atoms with Crippen LogP contribution in [0.4, 0.5) is 10.5 Å². The van der Waals surface area contributed by atoms with Gasteiger partial charge in [0, 0.05) is 36.7 Å². The second kappa shape index (κ2) is 7.13. The van der Waals surface area contributed by atoms with Crippen LogP contribution in [0.25, 0.3) is 0 Å². The molecule has 116 valence electrons. The molecule has 1 heterocycles. The van der Waals surface area contributed by atoms with Gasteiger partial charge in [-0.3, -0.25) is 0 Å². The number of carbonyl (C=O) groups is 1. The summed E-state index contributed by atoms with van der Waals surface area (Å²) in [5, 5.41) is 0. The number of benzene rings is 1. The molecule has 0 aliphatic carbocycles. The molecule has 2 rings (SSSR count). The molecule has 1 amide bonds. The first-order valence-electron chi connectivity index (χ1n) is 7.24. The van der Waals surface area contributed by atoms with E-state index < -0.39 is 0 Å². The lowest BCUT2D eigenvalue weighted by atomic mass is 10.1. The smallest absolute Gasteiger partial charge is 0.409 e. The summed E-state index contributed by atoms with van der Waals surface area (Å²) in [4.78, 5) is 15.7. The number of anilines is 1. The minimum Gasteiger partial charge on any atom is -0.450 e. The molecule has 1 saturated heterocycles. The van der Waals surface area contributed by atoms with Crippen LogP contribution in [-0.2, 0) is 4.74 Å². The van der Waals surface area contributed by atoms with Crippen molar-refractivity contribution in [3.63, 3.8) is 0 Å². The van der Waals surface area contributed by atoms with Crippen molar-refractivity contribution < 1.29 is 9.53 Å². The Balaban J connectivity index is 2.01. The van der Waals surface area contributed by atoms with E-state index in [0.29, 0.717) is 19.7 Å². The summed E-state index contributed by atoms with van der Waals surface area (Å²) >= 11 is 3.62. The summed E-state index contributed by atoms with van der Waals surface area (Å²) in [6.45, 7) is 7.18. The van der Waals surface area contributed by atoms with E-state index in [2.05, 4.69) is 39.0 Å². The highest BCUT2D eigenvalue weighted by Crippen LogP contribution is 2.29. The van der Waals surface area contributed by atoms with Crippen molar-refractivity contribution in [3.05, 3.63) is 28.2 Å². The van der Waals surface area contributed by atoms with Crippen LogP contribution in [-0.4, -0.2) is 43.8 Å². The van der Waals surface area contributed by atoms with Crippen LogP contribution in [0.3, 0.4) is 0 Å². The molecular formula is C15H22BrN3O2. The molecule has 1 atom stereocenters. The first-order chi connectivity index (χ1) is 10.0. The van der Waals surface area contributed by atoms with E-state index >= 15 is 0 Å². The molecule has 1 aromatic carbocycles. The number of carbonyl (C=O) groups excluding carboxylic acids is 1. The third-order valence-corrected chi connectivity index (χ3v) is 4.28. The first kappa shape index (κ1) is 16.1. The molecule has 1 aromatic rings. The van der Waals surface area contributed by atoms with E-state index in [0.717, 1.165) is 28.8 Å². The van der Waals surface area contributed by atoms with Gasteiger partial charge in [0.1, 0.15) is 0 Å². The van der Waals surface area contributed by atoms with Gasteiger partial charge in [-0.1, -0.05) is 6.07 Å². The number of amides is 1. The molecule has 2 N–H and O–H groups in total. The Morgan fingerprint density at radius 1 is 1.38 bits per heavy atom. The second-order valence-corrected chi connectivity index (χ2v) is 6.03. The Morgan fingerprint density at radius 2 is 2.05 bits per heavy atom. The lowest BCUT2D eigenvalue weighted by Crippen LogP contribution is -2.49. The zero-order valence-electron chi connectivity index (χ0n) is 12.5. The average Bonchev–Trinajstić information content (AvgIpc) is 2.47. The summed E-state index contributed by atoms with van der Waals surface area (Å²) in [6.07, 6.45) is -0.219. The van der Waals surface area contributed by atoms with Gasteiger partial charge < -0.3 is 20.3 Å². The number of ether oxygens (including phenoxy) is 1. The Hall–Kier alpha value is -1.27. The summed E-state index contributed by atoms with van der Waals surface area (Å²) in [5.74, 6) is 0. The van der Waals surface area contributed by atoms with Gasteiger partial charge in [0.05, 0.1) is 12.3 Å². The van der Waals surface area contributed by atoms with Crippen LogP contribution < -0.4 is 10.6 Å². The summed E-state index contributed by atoms with van der Waals surface area (Å²) < 4.78 is 6.08. The molecule has 0 spiro atoms. The van der Waals surface area contributed by atoms with E-state index in [9.17, 15) is 4.79 Å². The fourth-order valence-corrected chi connectivity index (χ4v) is 3.05. The molecule has 0 aromatic heterocycles. The molecule has 1 aliphatic heterocycles. The predicted octanol–water partition coefficient (Wildman–Crippen LogP) is 2.75. The highest BCUT2D eigenvalue weighted by atomic mass is 79.9. The molecule has 1 aliphatic rings. The molecule has 0 radical (unpaired) electrons. The Labute approximate surface area is 134 Å². The molecule has 6 heteroatoms. The van der Waals surface area contributed by atoms with Gasteiger partial charge >= 0.3 is 6.09 Å². The molecule has 0 bridgehead atoms. The molecule has 21 heavy (non-hydrogen) atoms. The Morgan fingerprint density at radius 3 is 2.57 bits per heavy atom. The fraction of sp³-hybridized carbons (Fsp3) is 0.533. The number of piperazine rings is 1. The zero-order chi connectivity index (χ0) is 15.4. The third-order valence-electron chi connectivity index (χ3n) is 3.64. The molecule has 0 saturated carbocycles. The Kier molecular flexibility index (Phi) is 5.47. The molecular weight excluding hydrogens is 334 g/mol. The highest BCUT2D eigenvalue weighted by Gasteiger charge is 2.23. The van der Waals surface area contributed by atoms with Crippen LogP contribution >= 0.6 is 15.9 Å². The maximum atomic E-state index is 11.7. The van der Waals surface area contributed by atoms with Crippen LogP contribution in [0.15, 0.2) is 22.7 Å². The van der Waals surface area contributed by atoms with Gasteiger partial charge in [0.15, 0.2) is 0 Å². The standard InChI is InChI=1S/C15H22BrN3O2/c1-3-21-15(20)19-8-6-18(7-9-19)14-5-4-12(11(2)17)10-13(14)16/h4-5,10-11H,3,6-9,17H2,1-2H3. The number of halogens is 1. The number of nitrogens with zero attached hydrogens (tertiary/aromatic N) is 2. The maximum absolute atomic E-state index is 11.7. The molecule has 1 fully saturated rings. The van der Waals surface area contributed by atoms with E-state index in [1.54, 1.807) is 4.90 Å². The lowest BCUT2D eigenvalue weighted by molar-refractivity contribution is 0.105. The minimum absolute atomic E-state index is 0.0241. The van der Waals surface area contributed by atoms with Gasteiger partial charge in [-0.05, 0) is 47.5 Å². The maximum Gasteiger partial charge on any atom is 0.409 e. The highest BCUT2D eigenvalue weighted by molar-refractivity contribution is 9.10. The van der Waals surface area contributed by atoms with Gasteiger partial charge in [-0.15, -0.1) is 0 Å². The number of hydrogen-bond donors (Lipinski definition) is 1. The minimum atomic E-state index is -0.219. The summed E-state index contributed by atoms with van der Waals surface area (Å²) in [5.41, 5.74) is 8.15. The number of hydrogen-bond acceptors (Lipinski definition) is 4. The average molecular weight is 356 g/mol. The largest absolute Gasteiger partial charge is 0.450 e. The van der Waals surface area contributed by atoms with Crippen molar-refractivity contribution in [2.45, 2.75) is 19.9 Å². The van der Waals surface area contributed by atoms with Gasteiger partial charge in [-0.25, -0.2) is 4.79 Å².